The third kappa shape index (κ3) is 4.48. The number of aromatic nitrogens is 4. The maximum Gasteiger partial charge on any atom is 0.416 e. The lowest BCUT2D eigenvalue weighted by Gasteiger charge is -2.11. The summed E-state index contributed by atoms with van der Waals surface area (Å²) in [5.74, 6) is -0.453. The van der Waals surface area contributed by atoms with Crippen LogP contribution >= 0.6 is 11.6 Å². The van der Waals surface area contributed by atoms with E-state index >= 15 is 0 Å². The highest BCUT2D eigenvalue weighted by atomic mass is 35.5. The van der Waals surface area contributed by atoms with E-state index in [0.29, 0.717) is 10.7 Å². The van der Waals surface area contributed by atoms with Crippen LogP contribution in [0, 0.1) is 13.8 Å². The highest BCUT2D eigenvalue weighted by Gasteiger charge is 2.30. The number of amides is 1. The molecule has 0 atom stereocenters. The first-order valence-electron chi connectivity index (χ1n) is 8.15. The van der Waals surface area contributed by atoms with Crippen LogP contribution in [-0.4, -0.2) is 26.1 Å². The minimum atomic E-state index is -4.48. The number of hydrogen-bond donors (Lipinski definition) is 1. The van der Waals surface area contributed by atoms with Crippen molar-refractivity contribution >= 4 is 23.2 Å². The molecule has 0 radical (unpaired) electrons. The zero-order valence-corrected chi connectivity index (χ0v) is 15.6. The van der Waals surface area contributed by atoms with Crippen LogP contribution in [0.2, 0.25) is 5.02 Å². The van der Waals surface area contributed by atoms with Crippen molar-refractivity contribution in [2.24, 2.45) is 0 Å². The maximum absolute atomic E-state index is 12.8. The number of tetrazole rings is 1. The molecule has 10 heteroatoms. The number of carbonyl (C=O) groups is 1. The van der Waals surface area contributed by atoms with Gasteiger partial charge in [-0.3, -0.25) is 4.79 Å². The monoisotopic (exact) mass is 409 g/mol. The van der Waals surface area contributed by atoms with Gasteiger partial charge in [-0.25, -0.2) is 0 Å². The summed E-state index contributed by atoms with van der Waals surface area (Å²) in [5, 5.41) is 14.5. The maximum atomic E-state index is 12.8. The van der Waals surface area contributed by atoms with Gasteiger partial charge in [-0.15, -0.1) is 10.2 Å². The summed E-state index contributed by atoms with van der Waals surface area (Å²) in [7, 11) is 0. The molecule has 0 spiro atoms. The number of anilines is 1. The number of nitrogens with one attached hydrogen (secondary N) is 1. The van der Waals surface area contributed by atoms with Crippen molar-refractivity contribution in [1.82, 2.24) is 20.2 Å². The Labute approximate surface area is 163 Å². The van der Waals surface area contributed by atoms with Crippen molar-refractivity contribution in [1.29, 1.82) is 0 Å². The predicted molar refractivity (Wildman–Crippen MR) is 97.8 cm³/mol. The summed E-state index contributed by atoms with van der Waals surface area (Å²) in [4.78, 5) is 13.3. The molecule has 3 rings (SSSR count). The summed E-state index contributed by atoms with van der Waals surface area (Å²) in [6, 6.07) is 8.18. The quantitative estimate of drug-likeness (QED) is 0.698. The van der Waals surface area contributed by atoms with Crippen molar-refractivity contribution in [3.63, 3.8) is 0 Å². The second-order valence-corrected chi connectivity index (χ2v) is 6.62. The molecular weight excluding hydrogens is 395 g/mol. The molecule has 2 aromatic carbocycles. The minimum Gasteiger partial charge on any atom is -0.323 e. The Morgan fingerprint density at radius 1 is 1.21 bits per heavy atom. The molecular formula is C18H15ClF3N5O. The van der Waals surface area contributed by atoms with Gasteiger partial charge in [0.2, 0.25) is 11.7 Å². The van der Waals surface area contributed by atoms with Crippen LogP contribution in [0.25, 0.3) is 11.4 Å². The van der Waals surface area contributed by atoms with Gasteiger partial charge in [-0.2, -0.15) is 18.0 Å². The van der Waals surface area contributed by atoms with Gasteiger partial charge in [-0.05, 0) is 48.4 Å². The molecule has 3 aromatic rings. The Bertz CT molecular complexity index is 1010. The molecule has 1 aromatic heterocycles. The molecule has 1 N–H and O–H groups in total. The van der Waals surface area contributed by atoms with Crippen molar-refractivity contribution < 1.29 is 18.0 Å². The number of hydrogen-bond acceptors (Lipinski definition) is 4. The summed E-state index contributed by atoms with van der Waals surface area (Å²) in [6.07, 6.45) is -4.48. The van der Waals surface area contributed by atoms with Crippen LogP contribution in [-0.2, 0) is 17.5 Å². The van der Waals surface area contributed by atoms with Gasteiger partial charge in [0.25, 0.3) is 0 Å². The Kier molecular flexibility index (Phi) is 5.37. The Balaban J connectivity index is 1.74. The van der Waals surface area contributed by atoms with E-state index in [1.54, 1.807) is 6.07 Å². The Hall–Kier alpha value is -2.94. The van der Waals surface area contributed by atoms with Crippen molar-refractivity contribution in [3.8, 4) is 11.4 Å². The molecule has 0 unspecified atom stereocenters. The van der Waals surface area contributed by atoms with Crippen LogP contribution in [0.1, 0.15) is 16.7 Å². The molecule has 1 amide bonds. The number of nitrogens with zero attached hydrogens (tertiary/aromatic N) is 4. The zero-order chi connectivity index (χ0) is 20.5. The van der Waals surface area contributed by atoms with E-state index in [9.17, 15) is 18.0 Å². The molecule has 28 heavy (non-hydrogen) atoms. The molecule has 6 nitrogen and oxygen atoms in total. The number of alkyl halides is 3. The fourth-order valence-corrected chi connectivity index (χ4v) is 3.01. The molecule has 146 valence electrons. The average Bonchev–Trinajstić information content (AvgIpc) is 3.06. The van der Waals surface area contributed by atoms with Gasteiger partial charge in [0.1, 0.15) is 6.54 Å². The van der Waals surface area contributed by atoms with Gasteiger partial charge >= 0.3 is 6.18 Å². The average molecular weight is 410 g/mol. The number of carbonyl (C=O) groups excluding carboxylic acids is 1. The molecule has 0 aliphatic rings. The highest BCUT2D eigenvalue weighted by Crippen LogP contribution is 2.31. The summed E-state index contributed by atoms with van der Waals surface area (Å²) in [5.41, 5.74) is 1.58. The molecule has 0 saturated heterocycles. The van der Waals surface area contributed by atoms with Crippen LogP contribution in [0.5, 0.6) is 0 Å². The highest BCUT2D eigenvalue weighted by molar-refractivity contribution is 6.34. The lowest BCUT2D eigenvalue weighted by Crippen LogP contribution is -2.21. The zero-order valence-electron chi connectivity index (χ0n) is 14.9. The van der Waals surface area contributed by atoms with Crippen LogP contribution < -0.4 is 5.32 Å². The fourth-order valence-electron chi connectivity index (χ4n) is 2.64. The van der Waals surface area contributed by atoms with E-state index in [2.05, 4.69) is 20.7 Å². The first kappa shape index (κ1) is 19.8. The Morgan fingerprint density at radius 2 is 1.96 bits per heavy atom. The van der Waals surface area contributed by atoms with Crippen molar-refractivity contribution in [3.05, 3.63) is 58.1 Å². The minimum absolute atomic E-state index is 0.0107. The molecule has 0 fully saturated rings. The summed E-state index contributed by atoms with van der Waals surface area (Å²) in [6.45, 7) is 3.43. The lowest BCUT2D eigenvalue weighted by molar-refractivity contribution is -0.137. The second-order valence-electron chi connectivity index (χ2n) is 6.21. The smallest absolute Gasteiger partial charge is 0.323 e. The van der Waals surface area contributed by atoms with Crippen LogP contribution in [0.15, 0.2) is 36.4 Å². The molecule has 1 heterocycles. The topological polar surface area (TPSA) is 72.7 Å². The van der Waals surface area contributed by atoms with E-state index in [0.717, 1.165) is 28.1 Å². The third-order valence-electron chi connectivity index (χ3n) is 3.88. The SMILES string of the molecule is Cc1cc(C)c(NC(=O)Cn2nnc(-c3cccc(C(F)(F)F)c3)n2)c(Cl)c1. The summed E-state index contributed by atoms with van der Waals surface area (Å²) >= 11 is 6.16. The van der Waals surface area contributed by atoms with Crippen LogP contribution in [0.3, 0.4) is 0 Å². The molecule has 0 saturated carbocycles. The van der Waals surface area contributed by atoms with E-state index in [1.165, 1.54) is 12.1 Å². The molecule has 0 aliphatic heterocycles. The lowest BCUT2D eigenvalue weighted by atomic mass is 10.1. The van der Waals surface area contributed by atoms with Gasteiger partial charge in [-0.1, -0.05) is 29.8 Å². The standard InChI is InChI=1S/C18H15ClF3N5O/c1-10-6-11(2)16(14(19)7-10)23-15(28)9-27-25-17(24-26-27)12-4-3-5-13(8-12)18(20,21)22/h3-8H,9H2,1-2H3,(H,23,28). The van der Waals surface area contributed by atoms with Gasteiger partial charge in [0.05, 0.1) is 16.3 Å². The predicted octanol–water partition coefficient (Wildman–Crippen LogP) is 4.27. The summed E-state index contributed by atoms with van der Waals surface area (Å²) < 4.78 is 38.5. The first-order chi connectivity index (χ1) is 13.1. The van der Waals surface area contributed by atoms with Gasteiger partial charge in [0.15, 0.2) is 0 Å². The first-order valence-corrected chi connectivity index (χ1v) is 8.53. The van der Waals surface area contributed by atoms with Crippen molar-refractivity contribution in [2.45, 2.75) is 26.6 Å². The number of rotatable bonds is 4. The fraction of sp³-hybridized carbons (Fsp3) is 0.222. The number of benzene rings is 2. The van der Waals surface area contributed by atoms with E-state index < -0.39 is 17.6 Å². The Morgan fingerprint density at radius 3 is 2.64 bits per heavy atom. The number of halogens is 4. The van der Waals surface area contributed by atoms with E-state index in [1.807, 2.05) is 19.9 Å². The van der Waals surface area contributed by atoms with Gasteiger partial charge < -0.3 is 5.32 Å². The largest absolute Gasteiger partial charge is 0.416 e. The number of aryl methyl sites for hydroxylation is 2. The molecule has 0 aliphatic carbocycles. The van der Waals surface area contributed by atoms with E-state index in [4.69, 9.17) is 11.6 Å². The van der Waals surface area contributed by atoms with Gasteiger partial charge in [0, 0.05) is 5.56 Å². The molecule has 0 bridgehead atoms. The normalized spacial score (nSPS) is 11.5. The second kappa shape index (κ2) is 7.59. The third-order valence-corrected chi connectivity index (χ3v) is 4.18. The van der Waals surface area contributed by atoms with Crippen LogP contribution in [0.4, 0.5) is 18.9 Å². The van der Waals surface area contributed by atoms with E-state index in [-0.39, 0.29) is 17.9 Å². The van der Waals surface area contributed by atoms with Crippen molar-refractivity contribution in [2.75, 3.05) is 5.32 Å².